The predicted octanol–water partition coefficient (Wildman–Crippen LogP) is 4.26. The number of nitrogens with zero attached hydrogens (tertiary/aromatic N) is 1. The summed E-state index contributed by atoms with van der Waals surface area (Å²) in [4.78, 5) is 4.84. The van der Waals surface area contributed by atoms with Gasteiger partial charge in [-0.1, -0.05) is 35.9 Å². The molecular weight excluding hydrogens is 314 g/mol. The molecule has 2 aromatic carbocycles. The monoisotopic (exact) mass is 329 g/mol. The van der Waals surface area contributed by atoms with Gasteiger partial charge in [0.1, 0.15) is 11.4 Å². The number of hydrogen-bond acceptors (Lipinski definition) is 3. The highest BCUT2D eigenvalue weighted by Gasteiger charge is 2.45. The van der Waals surface area contributed by atoms with Crippen LogP contribution in [0.4, 0.5) is 11.4 Å². The second kappa shape index (κ2) is 5.52. The number of anilines is 2. The Morgan fingerprint density at radius 3 is 2.64 bits per heavy atom. The van der Waals surface area contributed by atoms with Crippen LogP contribution in [0.1, 0.15) is 5.56 Å². The molecule has 1 fully saturated rings. The van der Waals surface area contributed by atoms with E-state index in [2.05, 4.69) is 34.9 Å². The molecule has 0 unspecified atom stereocenters. The summed E-state index contributed by atoms with van der Waals surface area (Å²) < 4.78 is 0. The lowest BCUT2D eigenvalue weighted by atomic mass is 9.97. The molecule has 4 rings (SSSR count). The number of fused-ring (bicyclic) bond motifs is 1. The Hall–Kier alpha value is -1.65. The minimum Gasteiger partial charge on any atom is -0.370 e. The third-order valence-corrected chi connectivity index (χ3v) is 5.64. The summed E-state index contributed by atoms with van der Waals surface area (Å²) >= 11 is 7.99. The van der Waals surface area contributed by atoms with Gasteiger partial charge in [-0.25, -0.2) is 0 Å². The SMILES string of the molecule is Clc1cccc(CN=C2Nc3ccccc3NC23CSC3)c1. The average molecular weight is 330 g/mol. The van der Waals surface area contributed by atoms with Crippen molar-refractivity contribution >= 4 is 40.6 Å². The molecule has 1 spiro atoms. The summed E-state index contributed by atoms with van der Waals surface area (Å²) in [6.45, 7) is 0.638. The number of amidine groups is 1. The molecule has 0 bridgehead atoms. The Kier molecular flexibility index (Phi) is 3.51. The Morgan fingerprint density at radius 1 is 1.09 bits per heavy atom. The highest BCUT2D eigenvalue weighted by Crippen LogP contribution is 2.40. The fraction of sp³-hybridized carbons (Fsp3) is 0.235. The van der Waals surface area contributed by atoms with Gasteiger partial charge in [0.2, 0.25) is 0 Å². The number of benzene rings is 2. The average Bonchev–Trinajstić information content (AvgIpc) is 2.50. The quantitative estimate of drug-likeness (QED) is 0.864. The topological polar surface area (TPSA) is 36.4 Å². The van der Waals surface area contributed by atoms with Crippen molar-refractivity contribution in [3.63, 3.8) is 0 Å². The maximum atomic E-state index is 6.05. The van der Waals surface area contributed by atoms with Gasteiger partial charge < -0.3 is 10.6 Å². The number of para-hydroxylation sites is 2. The van der Waals surface area contributed by atoms with Gasteiger partial charge in [-0.3, -0.25) is 4.99 Å². The maximum Gasteiger partial charge on any atom is 0.129 e. The van der Waals surface area contributed by atoms with Crippen LogP contribution in [0.15, 0.2) is 53.5 Å². The van der Waals surface area contributed by atoms with Crippen LogP contribution in [0, 0.1) is 0 Å². The van der Waals surface area contributed by atoms with Crippen LogP contribution in [0.25, 0.3) is 0 Å². The normalized spacial score (nSPS) is 20.0. The van der Waals surface area contributed by atoms with E-state index in [0.29, 0.717) is 6.54 Å². The highest BCUT2D eigenvalue weighted by molar-refractivity contribution is 8.01. The van der Waals surface area contributed by atoms with Crippen LogP contribution in [-0.2, 0) is 6.54 Å². The molecule has 5 heteroatoms. The van der Waals surface area contributed by atoms with E-state index >= 15 is 0 Å². The first-order valence-electron chi connectivity index (χ1n) is 7.27. The largest absolute Gasteiger partial charge is 0.370 e. The number of hydrogen-bond donors (Lipinski definition) is 2. The Labute approximate surface area is 139 Å². The van der Waals surface area contributed by atoms with Crippen molar-refractivity contribution in [3.05, 3.63) is 59.1 Å². The number of rotatable bonds is 2. The molecular formula is C17H16ClN3S. The van der Waals surface area contributed by atoms with Crippen molar-refractivity contribution in [2.45, 2.75) is 12.1 Å². The number of thioether (sulfide) groups is 1. The first-order valence-corrected chi connectivity index (χ1v) is 8.80. The van der Waals surface area contributed by atoms with E-state index in [0.717, 1.165) is 39.3 Å². The summed E-state index contributed by atoms with van der Waals surface area (Å²) in [5.74, 6) is 3.12. The van der Waals surface area contributed by atoms with Crippen LogP contribution in [0.5, 0.6) is 0 Å². The zero-order chi connectivity index (χ0) is 15.0. The smallest absolute Gasteiger partial charge is 0.129 e. The molecule has 2 aliphatic rings. The minimum atomic E-state index is -0.0441. The van der Waals surface area contributed by atoms with Crippen molar-refractivity contribution in [1.29, 1.82) is 0 Å². The molecule has 1 saturated heterocycles. The number of aliphatic imine (C=N–C) groups is 1. The summed E-state index contributed by atoms with van der Waals surface area (Å²) in [6, 6.07) is 16.2. The molecule has 0 atom stereocenters. The predicted molar refractivity (Wildman–Crippen MR) is 96.3 cm³/mol. The molecule has 3 nitrogen and oxygen atoms in total. The first kappa shape index (κ1) is 14.0. The molecule has 2 N–H and O–H groups in total. The van der Waals surface area contributed by atoms with Crippen LogP contribution in [0.2, 0.25) is 5.02 Å². The molecule has 2 aliphatic heterocycles. The standard InChI is InChI=1S/C17H16ClN3S/c18-13-5-3-4-12(8-13)9-19-16-17(10-22-11-17)21-15-7-2-1-6-14(15)20-16/h1-8,21H,9-11H2,(H,19,20). The van der Waals surface area contributed by atoms with E-state index in [9.17, 15) is 0 Å². The molecule has 0 amide bonds. The van der Waals surface area contributed by atoms with Crippen LogP contribution >= 0.6 is 23.4 Å². The Bertz CT molecular complexity index is 740. The van der Waals surface area contributed by atoms with Gasteiger partial charge in [0, 0.05) is 16.5 Å². The third kappa shape index (κ3) is 2.46. The van der Waals surface area contributed by atoms with E-state index in [1.807, 2.05) is 36.0 Å². The summed E-state index contributed by atoms with van der Waals surface area (Å²) in [5, 5.41) is 7.94. The van der Waals surface area contributed by atoms with Gasteiger partial charge >= 0.3 is 0 Å². The van der Waals surface area contributed by atoms with E-state index in [-0.39, 0.29) is 5.54 Å². The van der Waals surface area contributed by atoms with E-state index in [1.165, 1.54) is 0 Å². The molecule has 22 heavy (non-hydrogen) atoms. The lowest BCUT2D eigenvalue weighted by molar-refractivity contribution is 0.729. The number of halogens is 1. The number of nitrogens with one attached hydrogen (secondary N) is 2. The van der Waals surface area contributed by atoms with Crippen LogP contribution < -0.4 is 10.6 Å². The van der Waals surface area contributed by atoms with E-state index in [4.69, 9.17) is 16.6 Å². The molecule has 0 aliphatic carbocycles. The van der Waals surface area contributed by atoms with Gasteiger partial charge in [-0.15, -0.1) is 0 Å². The summed E-state index contributed by atoms with van der Waals surface area (Å²) in [5.41, 5.74) is 3.33. The highest BCUT2D eigenvalue weighted by atomic mass is 35.5. The molecule has 112 valence electrons. The molecule has 0 radical (unpaired) electrons. The van der Waals surface area contributed by atoms with Crippen LogP contribution in [-0.4, -0.2) is 22.9 Å². The van der Waals surface area contributed by atoms with Crippen molar-refractivity contribution in [1.82, 2.24) is 0 Å². The molecule has 2 aromatic rings. The van der Waals surface area contributed by atoms with Gasteiger partial charge in [0.25, 0.3) is 0 Å². The van der Waals surface area contributed by atoms with Crippen molar-refractivity contribution in [2.24, 2.45) is 4.99 Å². The second-order valence-electron chi connectivity index (χ2n) is 5.67. The van der Waals surface area contributed by atoms with Crippen molar-refractivity contribution in [3.8, 4) is 0 Å². The molecule has 0 saturated carbocycles. The van der Waals surface area contributed by atoms with Crippen molar-refractivity contribution < 1.29 is 0 Å². The fourth-order valence-electron chi connectivity index (χ4n) is 2.78. The summed E-state index contributed by atoms with van der Waals surface area (Å²) in [6.07, 6.45) is 0. The van der Waals surface area contributed by atoms with Gasteiger partial charge in [0.15, 0.2) is 0 Å². The fourth-order valence-corrected chi connectivity index (χ4v) is 4.02. The van der Waals surface area contributed by atoms with E-state index < -0.39 is 0 Å². The van der Waals surface area contributed by atoms with Gasteiger partial charge in [-0.2, -0.15) is 11.8 Å². The Morgan fingerprint density at radius 2 is 1.91 bits per heavy atom. The first-order chi connectivity index (χ1) is 10.8. The molecule has 0 aromatic heterocycles. The zero-order valence-corrected chi connectivity index (χ0v) is 13.5. The molecule has 2 heterocycles. The maximum absolute atomic E-state index is 6.05. The Balaban J connectivity index is 1.63. The lowest BCUT2D eigenvalue weighted by Crippen LogP contribution is -2.61. The van der Waals surface area contributed by atoms with E-state index in [1.54, 1.807) is 0 Å². The zero-order valence-electron chi connectivity index (χ0n) is 12.0. The van der Waals surface area contributed by atoms with Crippen molar-refractivity contribution in [2.75, 3.05) is 22.1 Å². The minimum absolute atomic E-state index is 0.0441. The third-order valence-electron chi connectivity index (χ3n) is 4.01. The second-order valence-corrected chi connectivity index (χ2v) is 7.09. The summed E-state index contributed by atoms with van der Waals surface area (Å²) in [7, 11) is 0. The van der Waals surface area contributed by atoms with Gasteiger partial charge in [-0.05, 0) is 29.8 Å². The lowest BCUT2D eigenvalue weighted by Gasteiger charge is -2.46. The van der Waals surface area contributed by atoms with Crippen LogP contribution in [0.3, 0.4) is 0 Å². The van der Waals surface area contributed by atoms with Gasteiger partial charge in [0.05, 0.1) is 17.9 Å².